The van der Waals surface area contributed by atoms with Crippen LogP contribution in [0.15, 0.2) is 59.5 Å². The number of hydrogen-bond donors (Lipinski definition) is 2. The fourth-order valence-electron chi connectivity index (χ4n) is 2.69. The van der Waals surface area contributed by atoms with Crippen LogP contribution in [-0.4, -0.2) is 19.0 Å². The molecule has 0 aliphatic carbocycles. The number of carbonyl (C=O) groups is 1. The lowest BCUT2D eigenvalue weighted by molar-refractivity contribution is -0.0979. The normalized spacial score (nSPS) is 10.2. The molecular formula is C22H21ClFNO3S. The van der Waals surface area contributed by atoms with E-state index in [9.17, 15) is 9.50 Å². The third kappa shape index (κ3) is 5.73. The molecule has 7 heteroatoms. The Labute approximate surface area is 178 Å². The summed E-state index contributed by atoms with van der Waals surface area (Å²) in [4.78, 5) is 8.57. The van der Waals surface area contributed by atoms with E-state index in [0.29, 0.717) is 17.1 Å². The van der Waals surface area contributed by atoms with Gasteiger partial charge in [0.2, 0.25) is 0 Å². The minimum Gasteiger partial charge on any atom is -0.505 e. The predicted molar refractivity (Wildman–Crippen MR) is 117 cm³/mol. The highest BCUT2D eigenvalue weighted by Crippen LogP contribution is 2.38. The summed E-state index contributed by atoms with van der Waals surface area (Å²) >= 11 is 7.31. The van der Waals surface area contributed by atoms with Gasteiger partial charge in [-0.25, -0.2) is 4.39 Å². The van der Waals surface area contributed by atoms with Gasteiger partial charge in [0.15, 0.2) is 0 Å². The molecule has 0 aliphatic heterocycles. The van der Waals surface area contributed by atoms with E-state index in [0.717, 1.165) is 22.4 Å². The Morgan fingerprint density at radius 1 is 1.17 bits per heavy atom. The van der Waals surface area contributed by atoms with Crippen LogP contribution in [0.4, 0.5) is 10.1 Å². The minimum atomic E-state index is -0.276. The maximum atomic E-state index is 14.4. The van der Waals surface area contributed by atoms with E-state index < -0.39 is 0 Å². The maximum Gasteiger partial charge on any atom is 0.149 e. The largest absolute Gasteiger partial charge is 0.505 e. The first kappa shape index (κ1) is 22.7. The van der Waals surface area contributed by atoms with Crippen molar-refractivity contribution < 1.29 is 19.0 Å². The van der Waals surface area contributed by atoms with E-state index in [1.54, 1.807) is 25.3 Å². The van der Waals surface area contributed by atoms with Gasteiger partial charge in [-0.05, 0) is 59.8 Å². The number of halogens is 2. The van der Waals surface area contributed by atoms with Crippen molar-refractivity contribution in [2.75, 3.05) is 11.8 Å². The molecule has 0 amide bonds. The van der Waals surface area contributed by atoms with Crippen LogP contribution in [0.5, 0.6) is 5.75 Å². The Hall–Kier alpha value is -2.54. The Morgan fingerprint density at radius 2 is 1.86 bits per heavy atom. The molecular weight excluding hydrogens is 413 g/mol. The summed E-state index contributed by atoms with van der Waals surface area (Å²) in [5.74, 6) is -0.278. The second kappa shape index (κ2) is 10.9. The number of methoxy groups -OCH3 is 1. The van der Waals surface area contributed by atoms with Gasteiger partial charge in [0.05, 0.1) is 16.5 Å². The number of aryl methyl sites for hydroxylation is 1. The second-order valence-corrected chi connectivity index (χ2v) is 7.33. The molecule has 0 unspecified atom stereocenters. The van der Waals surface area contributed by atoms with Crippen LogP contribution < -0.4 is 4.72 Å². The molecule has 0 aromatic heterocycles. The van der Waals surface area contributed by atoms with Gasteiger partial charge in [-0.2, -0.15) is 0 Å². The van der Waals surface area contributed by atoms with Gasteiger partial charge in [-0.15, -0.1) is 0 Å². The molecule has 0 aliphatic rings. The SMILES string of the molecule is C=O.COCc1cc(Cl)c(O)c(SNc2cc(-c3ccccc3)c(F)cc2C)c1. The van der Waals surface area contributed by atoms with E-state index in [-0.39, 0.29) is 16.6 Å². The van der Waals surface area contributed by atoms with Gasteiger partial charge in [0.25, 0.3) is 0 Å². The van der Waals surface area contributed by atoms with Crippen molar-refractivity contribution in [2.45, 2.75) is 18.4 Å². The van der Waals surface area contributed by atoms with Crippen LogP contribution >= 0.6 is 23.5 Å². The van der Waals surface area contributed by atoms with E-state index in [2.05, 4.69) is 4.72 Å². The molecule has 0 radical (unpaired) electrons. The predicted octanol–water partition coefficient (Wildman–Crippen LogP) is 6.24. The maximum absolute atomic E-state index is 14.4. The van der Waals surface area contributed by atoms with Crippen molar-refractivity contribution >= 4 is 36.0 Å². The molecule has 3 aromatic rings. The second-order valence-electron chi connectivity index (χ2n) is 6.07. The number of rotatable bonds is 6. The Balaban J connectivity index is 0.00000145. The fourth-order valence-corrected chi connectivity index (χ4v) is 3.84. The van der Waals surface area contributed by atoms with Gasteiger partial charge < -0.3 is 19.4 Å². The summed E-state index contributed by atoms with van der Waals surface area (Å²) in [5.41, 5.74) is 3.69. The molecule has 0 saturated heterocycles. The van der Waals surface area contributed by atoms with E-state index in [4.69, 9.17) is 21.1 Å². The summed E-state index contributed by atoms with van der Waals surface area (Å²) in [6.45, 7) is 4.22. The zero-order valence-corrected chi connectivity index (χ0v) is 17.6. The first-order valence-electron chi connectivity index (χ1n) is 8.57. The molecule has 0 heterocycles. The fraction of sp³-hybridized carbons (Fsp3) is 0.136. The molecule has 0 fully saturated rings. The van der Waals surface area contributed by atoms with Crippen LogP contribution in [0.1, 0.15) is 11.1 Å². The van der Waals surface area contributed by atoms with Gasteiger partial charge >= 0.3 is 0 Å². The molecule has 0 bridgehead atoms. The van der Waals surface area contributed by atoms with Gasteiger partial charge in [0, 0.05) is 18.4 Å². The third-order valence-electron chi connectivity index (χ3n) is 4.07. The Bertz CT molecular complexity index is 970. The quantitative estimate of drug-likeness (QED) is 0.450. The monoisotopic (exact) mass is 433 g/mol. The van der Waals surface area contributed by atoms with E-state index >= 15 is 0 Å². The molecule has 3 rings (SSSR count). The van der Waals surface area contributed by atoms with Crippen molar-refractivity contribution in [1.29, 1.82) is 0 Å². The van der Waals surface area contributed by atoms with Crippen LogP contribution in [0.2, 0.25) is 5.02 Å². The van der Waals surface area contributed by atoms with Crippen molar-refractivity contribution in [3.63, 3.8) is 0 Å². The highest BCUT2D eigenvalue weighted by atomic mass is 35.5. The number of aromatic hydroxyl groups is 1. The highest BCUT2D eigenvalue weighted by molar-refractivity contribution is 8.00. The Kier molecular flexibility index (Phi) is 8.51. The van der Waals surface area contributed by atoms with Crippen LogP contribution in [0.25, 0.3) is 11.1 Å². The van der Waals surface area contributed by atoms with Crippen LogP contribution in [0, 0.1) is 12.7 Å². The van der Waals surface area contributed by atoms with Crippen molar-refractivity contribution in [1.82, 2.24) is 0 Å². The minimum absolute atomic E-state index is 0.00272. The molecule has 0 spiro atoms. The van der Waals surface area contributed by atoms with Crippen molar-refractivity contribution in [2.24, 2.45) is 0 Å². The smallest absolute Gasteiger partial charge is 0.149 e. The molecule has 3 aromatic carbocycles. The first-order chi connectivity index (χ1) is 14.0. The number of ether oxygens (including phenoxy) is 1. The molecule has 0 atom stereocenters. The van der Waals surface area contributed by atoms with Crippen molar-refractivity contribution in [3.05, 3.63) is 76.6 Å². The summed E-state index contributed by atoms with van der Waals surface area (Å²) in [6, 6.07) is 16.1. The lowest BCUT2D eigenvalue weighted by atomic mass is 10.0. The van der Waals surface area contributed by atoms with Crippen LogP contribution in [-0.2, 0) is 16.1 Å². The van der Waals surface area contributed by atoms with E-state index in [1.807, 2.05) is 44.0 Å². The summed E-state index contributed by atoms with van der Waals surface area (Å²) in [7, 11) is 1.60. The number of benzene rings is 3. The first-order valence-corrected chi connectivity index (χ1v) is 9.76. The topological polar surface area (TPSA) is 58.6 Å². The number of anilines is 1. The van der Waals surface area contributed by atoms with Gasteiger partial charge in [0.1, 0.15) is 18.4 Å². The summed E-state index contributed by atoms with van der Waals surface area (Å²) in [6.07, 6.45) is 0. The van der Waals surface area contributed by atoms with Gasteiger partial charge in [-0.1, -0.05) is 41.9 Å². The Morgan fingerprint density at radius 3 is 2.52 bits per heavy atom. The molecule has 4 nitrogen and oxygen atoms in total. The number of phenols is 1. The average Bonchev–Trinajstić information content (AvgIpc) is 2.73. The highest BCUT2D eigenvalue weighted by Gasteiger charge is 2.13. The zero-order chi connectivity index (χ0) is 21.4. The van der Waals surface area contributed by atoms with E-state index in [1.165, 1.54) is 18.0 Å². The van der Waals surface area contributed by atoms with Crippen LogP contribution in [0.3, 0.4) is 0 Å². The summed E-state index contributed by atoms with van der Waals surface area (Å²) in [5, 5.41) is 10.5. The molecule has 29 heavy (non-hydrogen) atoms. The lowest BCUT2D eigenvalue weighted by Crippen LogP contribution is -1.95. The molecule has 2 N–H and O–H groups in total. The average molecular weight is 434 g/mol. The lowest BCUT2D eigenvalue weighted by Gasteiger charge is -2.14. The number of hydrogen-bond acceptors (Lipinski definition) is 5. The number of phenolic OH excluding ortho intramolecular Hbond substituents is 1. The third-order valence-corrected chi connectivity index (χ3v) is 5.21. The van der Waals surface area contributed by atoms with Crippen molar-refractivity contribution in [3.8, 4) is 16.9 Å². The number of nitrogens with one attached hydrogen (secondary N) is 1. The summed E-state index contributed by atoms with van der Waals surface area (Å²) < 4.78 is 22.7. The molecule has 152 valence electrons. The van der Waals surface area contributed by atoms with Gasteiger partial charge in [-0.3, -0.25) is 0 Å². The standard InChI is InChI=1S/C21H19ClFNO2S.CH2O/c1-13-8-18(23)16(15-6-4-3-5-7-15)11-19(13)24-27-20-10-14(12-26-2)9-17(22)21(20)25;1-2/h3-11,24-25H,12H2,1-2H3;1H2. The zero-order valence-electron chi connectivity index (χ0n) is 16.0. The molecule has 0 saturated carbocycles. The number of carbonyl (C=O) groups excluding carboxylic acids is 1.